The molecule has 0 aromatic rings. The number of hydrogen-bond acceptors (Lipinski definition) is 3. The predicted octanol–water partition coefficient (Wildman–Crippen LogP) is 1.02. The first kappa shape index (κ1) is 15.9. The molecular formula is C12H27N3O2S. The lowest BCUT2D eigenvalue weighted by Crippen LogP contribution is -2.52. The van der Waals surface area contributed by atoms with Crippen LogP contribution in [-0.2, 0) is 10.2 Å². The highest BCUT2D eigenvalue weighted by Crippen LogP contribution is 2.21. The van der Waals surface area contributed by atoms with Crippen LogP contribution >= 0.6 is 0 Å². The van der Waals surface area contributed by atoms with Gasteiger partial charge in [-0.15, -0.1) is 0 Å². The summed E-state index contributed by atoms with van der Waals surface area (Å²) in [5.41, 5.74) is 5.69. The monoisotopic (exact) mass is 277 g/mol. The van der Waals surface area contributed by atoms with E-state index >= 15 is 0 Å². The van der Waals surface area contributed by atoms with Crippen molar-refractivity contribution in [1.82, 2.24) is 8.61 Å². The van der Waals surface area contributed by atoms with Gasteiger partial charge in [0.05, 0.1) is 0 Å². The first-order valence-electron chi connectivity index (χ1n) is 6.82. The molecule has 1 unspecified atom stereocenters. The zero-order valence-electron chi connectivity index (χ0n) is 11.8. The molecule has 0 radical (unpaired) electrons. The van der Waals surface area contributed by atoms with Gasteiger partial charge in [-0.25, -0.2) is 0 Å². The van der Waals surface area contributed by atoms with Crippen LogP contribution in [0.5, 0.6) is 0 Å². The molecule has 2 N–H and O–H groups in total. The molecule has 0 bridgehead atoms. The van der Waals surface area contributed by atoms with Crippen LogP contribution in [0.15, 0.2) is 0 Å². The molecule has 0 amide bonds. The van der Waals surface area contributed by atoms with Crippen molar-refractivity contribution in [1.29, 1.82) is 0 Å². The van der Waals surface area contributed by atoms with E-state index in [0.29, 0.717) is 25.6 Å². The van der Waals surface area contributed by atoms with Gasteiger partial charge >= 0.3 is 0 Å². The second kappa shape index (κ2) is 6.84. The van der Waals surface area contributed by atoms with E-state index in [1.807, 2.05) is 0 Å². The van der Waals surface area contributed by atoms with Gasteiger partial charge in [-0.3, -0.25) is 0 Å². The zero-order chi connectivity index (χ0) is 13.8. The Morgan fingerprint density at radius 3 is 2.61 bits per heavy atom. The van der Waals surface area contributed by atoms with Crippen molar-refractivity contribution in [3.8, 4) is 0 Å². The summed E-state index contributed by atoms with van der Waals surface area (Å²) >= 11 is 0. The molecule has 1 atom stereocenters. The molecule has 0 aliphatic carbocycles. The molecule has 0 spiro atoms. The summed E-state index contributed by atoms with van der Waals surface area (Å²) in [5.74, 6) is 0.509. The third-order valence-corrected chi connectivity index (χ3v) is 5.60. The van der Waals surface area contributed by atoms with E-state index in [2.05, 4.69) is 13.8 Å². The summed E-state index contributed by atoms with van der Waals surface area (Å²) in [6.07, 6.45) is 3.78. The maximum absolute atomic E-state index is 12.5. The Morgan fingerprint density at radius 1 is 1.39 bits per heavy atom. The van der Waals surface area contributed by atoms with E-state index < -0.39 is 10.2 Å². The minimum Gasteiger partial charge on any atom is -0.329 e. The molecule has 6 heteroatoms. The number of piperidine rings is 1. The van der Waals surface area contributed by atoms with E-state index in [4.69, 9.17) is 5.73 Å². The van der Waals surface area contributed by atoms with Crippen LogP contribution in [0.3, 0.4) is 0 Å². The molecule has 1 fully saturated rings. The van der Waals surface area contributed by atoms with Crippen molar-refractivity contribution in [2.75, 3.05) is 26.7 Å². The van der Waals surface area contributed by atoms with Crippen LogP contribution in [0.1, 0.15) is 39.5 Å². The van der Waals surface area contributed by atoms with E-state index in [-0.39, 0.29) is 6.04 Å². The van der Waals surface area contributed by atoms with Gasteiger partial charge in [-0.2, -0.15) is 17.0 Å². The minimum absolute atomic E-state index is 0.0229. The van der Waals surface area contributed by atoms with Gasteiger partial charge in [0.25, 0.3) is 10.2 Å². The summed E-state index contributed by atoms with van der Waals surface area (Å²) in [4.78, 5) is 0. The first-order valence-corrected chi connectivity index (χ1v) is 8.22. The van der Waals surface area contributed by atoms with Gasteiger partial charge in [0.2, 0.25) is 0 Å². The maximum atomic E-state index is 12.5. The van der Waals surface area contributed by atoms with Gasteiger partial charge in [0.15, 0.2) is 0 Å². The Labute approximate surface area is 112 Å². The lowest BCUT2D eigenvalue weighted by Gasteiger charge is -2.36. The SMILES string of the molecule is CC(C)CCN(C)S(=O)(=O)N1CCCCC1CN. The molecule has 1 rings (SSSR count). The molecule has 1 saturated heterocycles. The summed E-state index contributed by atoms with van der Waals surface area (Å²) in [7, 11) is -1.67. The second-order valence-corrected chi connectivity index (χ2v) is 7.50. The van der Waals surface area contributed by atoms with Crippen molar-refractivity contribution in [2.45, 2.75) is 45.6 Å². The lowest BCUT2D eigenvalue weighted by atomic mass is 10.1. The molecule has 1 aliphatic rings. The highest BCUT2D eigenvalue weighted by atomic mass is 32.2. The average molecular weight is 277 g/mol. The van der Waals surface area contributed by atoms with E-state index in [1.165, 1.54) is 4.31 Å². The van der Waals surface area contributed by atoms with Crippen molar-refractivity contribution in [2.24, 2.45) is 11.7 Å². The molecule has 1 aliphatic heterocycles. The Morgan fingerprint density at radius 2 is 2.06 bits per heavy atom. The minimum atomic E-state index is -3.33. The van der Waals surface area contributed by atoms with E-state index in [9.17, 15) is 8.42 Å². The summed E-state index contributed by atoms with van der Waals surface area (Å²) in [5, 5.41) is 0. The first-order chi connectivity index (χ1) is 8.39. The largest absolute Gasteiger partial charge is 0.329 e. The van der Waals surface area contributed by atoms with Gasteiger partial charge < -0.3 is 5.73 Å². The molecule has 5 nitrogen and oxygen atoms in total. The fourth-order valence-corrected chi connectivity index (χ4v) is 3.87. The third-order valence-electron chi connectivity index (χ3n) is 3.56. The second-order valence-electron chi connectivity index (χ2n) is 5.51. The molecule has 108 valence electrons. The Hall–Kier alpha value is -0.170. The summed E-state index contributed by atoms with van der Waals surface area (Å²) < 4.78 is 28.0. The summed E-state index contributed by atoms with van der Waals surface area (Å²) in [6.45, 7) is 5.80. The van der Waals surface area contributed by atoms with Crippen LogP contribution in [0.4, 0.5) is 0 Å². The number of hydrogen-bond donors (Lipinski definition) is 1. The van der Waals surface area contributed by atoms with Gasteiger partial charge in [0, 0.05) is 32.7 Å². The number of nitrogens with two attached hydrogens (primary N) is 1. The van der Waals surface area contributed by atoms with Crippen LogP contribution < -0.4 is 5.73 Å². The predicted molar refractivity (Wildman–Crippen MR) is 74.4 cm³/mol. The van der Waals surface area contributed by atoms with Gasteiger partial charge in [0.1, 0.15) is 0 Å². The van der Waals surface area contributed by atoms with Crippen LogP contribution in [0.25, 0.3) is 0 Å². The standard InChI is InChI=1S/C12H27N3O2S/c1-11(2)7-9-14(3)18(16,17)15-8-5-4-6-12(15)10-13/h11-12H,4-10,13H2,1-3H3. The Balaban J connectivity index is 2.71. The van der Waals surface area contributed by atoms with Crippen LogP contribution in [0.2, 0.25) is 0 Å². The maximum Gasteiger partial charge on any atom is 0.282 e. The fraction of sp³-hybridized carbons (Fsp3) is 1.00. The molecule has 0 saturated carbocycles. The average Bonchev–Trinajstić information content (AvgIpc) is 2.35. The topological polar surface area (TPSA) is 66.6 Å². The van der Waals surface area contributed by atoms with Gasteiger partial charge in [-0.1, -0.05) is 20.3 Å². The summed E-state index contributed by atoms with van der Waals surface area (Å²) in [6, 6.07) is -0.0229. The zero-order valence-corrected chi connectivity index (χ0v) is 12.6. The third kappa shape index (κ3) is 3.91. The van der Waals surface area contributed by atoms with Crippen molar-refractivity contribution < 1.29 is 8.42 Å². The number of nitrogens with zero attached hydrogens (tertiary/aromatic N) is 2. The van der Waals surface area contributed by atoms with Crippen molar-refractivity contribution >= 4 is 10.2 Å². The van der Waals surface area contributed by atoms with Crippen LogP contribution in [0, 0.1) is 5.92 Å². The smallest absolute Gasteiger partial charge is 0.282 e. The molecular weight excluding hydrogens is 250 g/mol. The van der Waals surface area contributed by atoms with E-state index in [0.717, 1.165) is 25.7 Å². The Kier molecular flexibility index (Phi) is 6.04. The quantitative estimate of drug-likeness (QED) is 0.788. The van der Waals surface area contributed by atoms with E-state index in [1.54, 1.807) is 11.4 Å². The fourth-order valence-electron chi connectivity index (χ4n) is 2.25. The highest BCUT2D eigenvalue weighted by molar-refractivity contribution is 7.86. The van der Waals surface area contributed by atoms with Crippen molar-refractivity contribution in [3.63, 3.8) is 0 Å². The van der Waals surface area contributed by atoms with Crippen molar-refractivity contribution in [3.05, 3.63) is 0 Å². The molecule has 0 aromatic carbocycles. The highest BCUT2D eigenvalue weighted by Gasteiger charge is 2.33. The number of rotatable bonds is 6. The lowest BCUT2D eigenvalue weighted by molar-refractivity contribution is 0.239. The normalized spacial score (nSPS) is 22.9. The molecule has 0 aromatic heterocycles. The van der Waals surface area contributed by atoms with Crippen LogP contribution in [-0.4, -0.2) is 49.8 Å². The van der Waals surface area contributed by atoms with Gasteiger partial charge in [-0.05, 0) is 25.2 Å². The molecule has 1 heterocycles. The Bertz CT molecular complexity index is 343. The molecule has 18 heavy (non-hydrogen) atoms.